The number of amides is 1. The second-order valence-electron chi connectivity index (χ2n) is 7.67. The molecule has 3 N–H and O–H groups in total. The van der Waals surface area contributed by atoms with Crippen LogP contribution in [0, 0.1) is 13.8 Å². The standard InChI is InChI=1S/C24H23N5O3S/c1-15-8-9-16(2)22(14-15)33(31,32)29-24-23(27-20-6-4-5-7-21(20)28-24)26-19-12-10-18(11-13-19)25-17(3)30/h4-14H,1-3H3,(H,25,30)(H,26,27)(H,28,29). The molecule has 9 heteroatoms. The smallest absolute Gasteiger partial charge is 0.263 e. The summed E-state index contributed by atoms with van der Waals surface area (Å²) >= 11 is 0. The number of fused-ring (bicyclic) bond motifs is 1. The van der Waals surface area contributed by atoms with E-state index in [1.54, 1.807) is 55.5 Å². The molecular formula is C24H23N5O3S. The lowest BCUT2D eigenvalue weighted by Crippen LogP contribution is -2.17. The molecule has 0 saturated carbocycles. The molecule has 8 nitrogen and oxygen atoms in total. The summed E-state index contributed by atoms with van der Waals surface area (Å²) in [7, 11) is -3.91. The number of aromatic nitrogens is 2. The fraction of sp³-hybridized carbons (Fsp3) is 0.125. The summed E-state index contributed by atoms with van der Waals surface area (Å²) in [5.41, 5.74) is 3.94. The first-order valence-electron chi connectivity index (χ1n) is 10.2. The lowest BCUT2D eigenvalue weighted by molar-refractivity contribution is -0.114. The number of sulfonamides is 1. The van der Waals surface area contributed by atoms with Crippen LogP contribution < -0.4 is 15.4 Å². The highest BCUT2D eigenvalue weighted by Gasteiger charge is 2.21. The number of anilines is 4. The predicted molar refractivity (Wildman–Crippen MR) is 130 cm³/mol. The van der Waals surface area contributed by atoms with E-state index in [9.17, 15) is 13.2 Å². The fourth-order valence-electron chi connectivity index (χ4n) is 3.31. The van der Waals surface area contributed by atoms with Crippen molar-refractivity contribution in [3.8, 4) is 0 Å². The maximum Gasteiger partial charge on any atom is 0.263 e. The fourth-order valence-corrected chi connectivity index (χ4v) is 4.65. The van der Waals surface area contributed by atoms with Crippen molar-refractivity contribution in [1.29, 1.82) is 0 Å². The van der Waals surface area contributed by atoms with E-state index in [0.29, 0.717) is 28.0 Å². The summed E-state index contributed by atoms with van der Waals surface area (Å²) in [4.78, 5) is 20.5. The zero-order valence-corrected chi connectivity index (χ0v) is 19.2. The number of rotatable bonds is 6. The van der Waals surface area contributed by atoms with Crippen molar-refractivity contribution < 1.29 is 13.2 Å². The Kier molecular flexibility index (Phi) is 5.97. The summed E-state index contributed by atoms with van der Waals surface area (Å²) in [6.45, 7) is 5.02. The first kappa shape index (κ1) is 22.2. The van der Waals surface area contributed by atoms with Gasteiger partial charge in [-0.15, -0.1) is 0 Å². The number of carbonyl (C=O) groups excluding carboxylic acids is 1. The molecule has 3 aromatic carbocycles. The lowest BCUT2D eigenvalue weighted by atomic mass is 10.2. The van der Waals surface area contributed by atoms with Crippen LogP contribution in [-0.2, 0) is 14.8 Å². The largest absolute Gasteiger partial charge is 0.337 e. The predicted octanol–water partition coefficient (Wildman–Crippen LogP) is 4.75. The Morgan fingerprint density at radius 3 is 2.06 bits per heavy atom. The van der Waals surface area contributed by atoms with Crippen molar-refractivity contribution in [3.63, 3.8) is 0 Å². The van der Waals surface area contributed by atoms with Crippen molar-refractivity contribution in [2.24, 2.45) is 0 Å². The first-order valence-corrected chi connectivity index (χ1v) is 11.7. The monoisotopic (exact) mass is 461 g/mol. The Hall–Kier alpha value is -3.98. The zero-order valence-electron chi connectivity index (χ0n) is 18.4. The number of carbonyl (C=O) groups is 1. The molecule has 0 spiro atoms. The molecule has 33 heavy (non-hydrogen) atoms. The Morgan fingerprint density at radius 2 is 1.42 bits per heavy atom. The van der Waals surface area contributed by atoms with E-state index in [0.717, 1.165) is 5.56 Å². The highest BCUT2D eigenvalue weighted by molar-refractivity contribution is 7.92. The van der Waals surface area contributed by atoms with E-state index < -0.39 is 10.0 Å². The Morgan fingerprint density at radius 1 is 0.818 bits per heavy atom. The molecule has 0 aliphatic carbocycles. The van der Waals surface area contributed by atoms with Gasteiger partial charge in [-0.25, -0.2) is 18.4 Å². The average Bonchev–Trinajstić information content (AvgIpc) is 2.76. The number of nitrogens with zero attached hydrogens (tertiary/aromatic N) is 2. The van der Waals surface area contributed by atoms with Gasteiger partial charge in [0, 0.05) is 18.3 Å². The second-order valence-corrected chi connectivity index (χ2v) is 9.32. The van der Waals surface area contributed by atoms with E-state index in [1.807, 2.05) is 25.1 Å². The molecule has 0 fully saturated rings. The topological polar surface area (TPSA) is 113 Å². The van der Waals surface area contributed by atoms with Gasteiger partial charge in [-0.1, -0.05) is 24.3 Å². The van der Waals surface area contributed by atoms with Crippen molar-refractivity contribution >= 4 is 50.0 Å². The summed E-state index contributed by atoms with van der Waals surface area (Å²) in [5.74, 6) is 0.176. The van der Waals surface area contributed by atoms with Crippen LogP contribution in [-0.4, -0.2) is 24.3 Å². The molecule has 4 aromatic rings. The number of hydrogen-bond donors (Lipinski definition) is 3. The normalized spacial score (nSPS) is 11.2. The molecule has 0 saturated heterocycles. The molecule has 0 bridgehead atoms. The Labute approximate surface area is 192 Å². The minimum Gasteiger partial charge on any atom is -0.337 e. The van der Waals surface area contributed by atoms with Gasteiger partial charge in [0.2, 0.25) is 5.91 Å². The summed E-state index contributed by atoms with van der Waals surface area (Å²) in [6, 6.07) is 19.5. The number of aryl methyl sites for hydroxylation is 2. The van der Waals surface area contributed by atoms with Crippen LogP contribution in [0.3, 0.4) is 0 Å². The molecular weight excluding hydrogens is 438 g/mol. The van der Waals surface area contributed by atoms with Gasteiger partial charge in [-0.2, -0.15) is 0 Å². The average molecular weight is 462 g/mol. The van der Waals surface area contributed by atoms with Crippen LogP contribution in [0.1, 0.15) is 18.1 Å². The Bertz CT molecular complexity index is 1450. The molecule has 168 valence electrons. The third-order valence-corrected chi connectivity index (χ3v) is 6.38. The third kappa shape index (κ3) is 5.09. The van der Waals surface area contributed by atoms with E-state index in [2.05, 4.69) is 25.3 Å². The molecule has 4 rings (SSSR count). The molecule has 0 aliphatic rings. The minimum atomic E-state index is -3.91. The van der Waals surface area contributed by atoms with Gasteiger partial charge < -0.3 is 10.6 Å². The van der Waals surface area contributed by atoms with Crippen LogP contribution in [0.25, 0.3) is 11.0 Å². The van der Waals surface area contributed by atoms with Gasteiger partial charge >= 0.3 is 0 Å². The van der Waals surface area contributed by atoms with E-state index >= 15 is 0 Å². The number of benzene rings is 3. The quantitative estimate of drug-likeness (QED) is 0.382. The highest BCUT2D eigenvalue weighted by Crippen LogP contribution is 2.28. The van der Waals surface area contributed by atoms with Gasteiger partial charge in [0.15, 0.2) is 11.6 Å². The van der Waals surface area contributed by atoms with E-state index in [1.165, 1.54) is 6.92 Å². The highest BCUT2D eigenvalue weighted by atomic mass is 32.2. The molecule has 0 radical (unpaired) electrons. The van der Waals surface area contributed by atoms with Gasteiger partial charge in [0.05, 0.1) is 15.9 Å². The maximum absolute atomic E-state index is 13.2. The van der Waals surface area contributed by atoms with E-state index in [4.69, 9.17) is 0 Å². The van der Waals surface area contributed by atoms with Gasteiger partial charge in [-0.3, -0.25) is 9.52 Å². The van der Waals surface area contributed by atoms with Gasteiger partial charge in [0.1, 0.15) is 0 Å². The Balaban J connectivity index is 1.73. The van der Waals surface area contributed by atoms with Crippen LogP contribution in [0.5, 0.6) is 0 Å². The van der Waals surface area contributed by atoms with Crippen molar-refractivity contribution in [1.82, 2.24) is 9.97 Å². The first-order chi connectivity index (χ1) is 15.7. The minimum absolute atomic E-state index is 0.0838. The van der Waals surface area contributed by atoms with Crippen LogP contribution in [0.4, 0.5) is 23.0 Å². The molecule has 0 atom stereocenters. The summed E-state index contributed by atoms with van der Waals surface area (Å²) in [6.07, 6.45) is 0. The van der Waals surface area contributed by atoms with Gasteiger partial charge in [0.25, 0.3) is 10.0 Å². The van der Waals surface area contributed by atoms with Crippen molar-refractivity contribution in [2.45, 2.75) is 25.7 Å². The zero-order chi connectivity index (χ0) is 23.6. The van der Waals surface area contributed by atoms with Crippen molar-refractivity contribution in [3.05, 3.63) is 77.9 Å². The molecule has 1 heterocycles. The lowest BCUT2D eigenvalue weighted by Gasteiger charge is -2.15. The molecule has 0 aliphatic heterocycles. The van der Waals surface area contributed by atoms with Crippen LogP contribution in [0.15, 0.2) is 71.6 Å². The molecule has 1 aromatic heterocycles. The maximum atomic E-state index is 13.2. The molecule has 1 amide bonds. The number of hydrogen-bond acceptors (Lipinski definition) is 6. The van der Waals surface area contributed by atoms with Crippen LogP contribution in [0.2, 0.25) is 0 Å². The summed E-state index contributed by atoms with van der Waals surface area (Å²) < 4.78 is 29.0. The third-order valence-electron chi connectivity index (χ3n) is 4.90. The van der Waals surface area contributed by atoms with Crippen LogP contribution >= 0.6 is 0 Å². The second kappa shape index (κ2) is 8.87. The van der Waals surface area contributed by atoms with Crippen molar-refractivity contribution in [2.75, 3.05) is 15.4 Å². The SMILES string of the molecule is CC(=O)Nc1ccc(Nc2nc3ccccc3nc2NS(=O)(=O)c2cc(C)ccc2C)cc1. The van der Waals surface area contributed by atoms with E-state index in [-0.39, 0.29) is 22.4 Å². The van der Waals surface area contributed by atoms with Gasteiger partial charge in [-0.05, 0) is 67.4 Å². The number of nitrogens with one attached hydrogen (secondary N) is 3. The molecule has 0 unspecified atom stereocenters. The number of para-hydroxylation sites is 2. The summed E-state index contributed by atoms with van der Waals surface area (Å²) in [5, 5.41) is 5.84.